The Kier molecular flexibility index (Phi) is 3.98. The highest BCUT2D eigenvalue weighted by atomic mass is 35.7. The summed E-state index contributed by atoms with van der Waals surface area (Å²) in [5.41, 5.74) is 0.355. The molecule has 8 nitrogen and oxygen atoms in total. The largest absolute Gasteiger partial charge is 0.288 e. The standard InChI is InChI=1S/C12H10ClN3O5S2/c13-23(20,21)6-7-3-11(17)15(5-7)12-14-9-4-8(16(18)19)1-2-10(9)22-12/h1-2,4,7H,3,5-6H2. The van der Waals surface area contributed by atoms with Gasteiger partial charge in [0.2, 0.25) is 15.0 Å². The predicted molar refractivity (Wildman–Crippen MR) is 86.4 cm³/mol. The third-order valence-corrected chi connectivity index (χ3v) is 5.75. The van der Waals surface area contributed by atoms with Gasteiger partial charge in [0.1, 0.15) is 0 Å². The van der Waals surface area contributed by atoms with E-state index < -0.39 is 14.0 Å². The third-order valence-electron chi connectivity index (χ3n) is 3.44. The number of nitro benzene ring substituents is 1. The number of aromatic nitrogens is 1. The van der Waals surface area contributed by atoms with Gasteiger partial charge in [0.25, 0.3) is 5.69 Å². The number of nitro groups is 1. The zero-order chi connectivity index (χ0) is 16.8. The first-order valence-corrected chi connectivity index (χ1v) is 9.80. The van der Waals surface area contributed by atoms with Gasteiger partial charge in [-0.2, -0.15) is 0 Å². The maximum Gasteiger partial charge on any atom is 0.271 e. The summed E-state index contributed by atoms with van der Waals surface area (Å²) in [4.78, 5) is 28.0. The van der Waals surface area contributed by atoms with Gasteiger partial charge >= 0.3 is 0 Å². The molecule has 2 aromatic rings. The van der Waals surface area contributed by atoms with Crippen LogP contribution in [0.15, 0.2) is 18.2 Å². The molecule has 1 aromatic heterocycles. The summed E-state index contributed by atoms with van der Waals surface area (Å²) < 4.78 is 23.0. The van der Waals surface area contributed by atoms with E-state index in [1.165, 1.54) is 28.4 Å². The molecule has 3 rings (SSSR count). The molecule has 1 amide bonds. The lowest BCUT2D eigenvalue weighted by atomic mass is 10.1. The Morgan fingerprint density at radius 2 is 2.22 bits per heavy atom. The number of hydrogen-bond donors (Lipinski definition) is 0. The van der Waals surface area contributed by atoms with Crippen molar-refractivity contribution in [1.82, 2.24) is 4.98 Å². The van der Waals surface area contributed by atoms with Crippen LogP contribution in [0.3, 0.4) is 0 Å². The number of non-ortho nitro benzene ring substituents is 1. The lowest BCUT2D eigenvalue weighted by molar-refractivity contribution is -0.384. The van der Waals surface area contributed by atoms with Crippen LogP contribution in [0.25, 0.3) is 10.2 Å². The van der Waals surface area contributed by atoms with E-state index in [0.29, 0.717) is 15.3 Å². The third kappa shape index (κ3) is 3.43. The summed E-state index contributed by atoms with van der Waals surface area (Å²) in [5.74, 6) is -0.886. The maximum atomic E-state index is 12.1. The first-order chi connectivity index (χ1) is 10.7. The molecule has 0 spiro atoms. The van der Waals surface area contributed by atoms with Crippen molar-refractivity contribution in [2.45, 2.75) is 6.42 Å². The highest BCUT2D eigenvalue weighted by molar-refractivity contribution is 8.13. The van der Waals surface area contributed by atoms with E-state index >= 15 is 0 Å². The number of halogens is 1. The number of amides is 1. The van der Waals surface area contributed by atoms with Crippen LogP contribution in [0, 0.1) is 16.0 Å². The molecule has 1 atom stereocenters. The minimum atomic E-state index is -3.67. The molecule has 122 valence electrons. The van der Waals surface area contributed by atoms with Gasteiger partial charge in [0, 0.05) is 41.7 Å². The molecule has 0 radical (unpaired) electrons. The SMILES string of the molecule is O=C1CC(CS(=O)(=O)Cl)CN1c1nc2cc([N+](=O)[O-])ccc2s1. The van der Waals surface area contributed by atoms with Gasteiger partial charge in [0.05, 0.1) is 20.9 Å². The van der Waals surface area contributed by atoms with Crippen molar-refractivity contribution in [3.8, 4) is 0 Å². The van der Waals surface area contributed by atoms with Gasteiger partial charge in [-0.15, -0.1) is 0 Å². The van der Waals surface area contributed by atoms with Crippen molar-refractivity contribution < 1.29 is 18.1 Å². The van der Waals surface area contributed by atoms with Crippen molar-refractivity contribution >= 4 is 58.0 Å². The molecule has 23 heavy (non-hydrogen) atoms. The zero-order valence-electron chi connectivity index (χ0n) is 11.5. The molecule has 0 bridgehead atoms. The second kappa shape index (κ2) is 5.69. The molecule has 0 saturated carbocycles. The van der Waals surface area contributed by atoms with Crippen LogP contribution < -0.4 is 4.90 Å². The molecule has 1 saturated heterocycles. The van der Waals surface area contributed by atoms with Crippen molar-refractivity contribution in [3.63, 3.8) is 0 Å². The maximum absolute atomic E-state index is 12.1. The number of carbonyl (C=O) groups is 1. The molecule has 1 aliphatic rings. The second-order valence-electron chi connectivity index (χ2n) is 5.19. The van der Waals surface area contributed by atoms with Gasteiger partial charge in [0.15, 0.2) is 5.13 Å². The Morgan fingerprint density at radius 1 is 1.48 bits per heavy atom. The van der Waals surface area contributed by atoms with Crippen LogP contribution >= 0.6 is 22.0 Å². The summed E-state index contributed by atoms with van der Waals surface area (Å²) >= 11 is 1.23. The molecule has 2 heterocycles. The van der Waals surface area contributed by atoms with Gasteiger partial charge in [-0.3, -0.25) is 19.8 Å². The number of nitrogens with zero attached hydrogens (tertiary/aromatic N) is 3. The van der Waals surface area contributed by atoms with E-state index in [2.05, 4.69) is 4.98 Å². The molecule has 1 unspecified atom stereocenters. The van der Waals surface area contributed by atoms with E-state index in [9.17, 15) is 23.3 Å². The number of hydrogen-bond acceptors (Lipinski definition) is 7. The van der Waals surface area contributed by atoms with E-state index in [0.717, 1.165) is 0 Å². The minimum absolute atomic E-state index is 0.0757. The van der Waals surface area contributed by atoms with Gasteiger partial charge < -0.3 is 0 Å². The number of thiazole rings is 1. The van der Waals surface area contributed by atoms with Crippen molar-refractivity contribution in [2.75, 3.05) is 17.2 Å². The Labute approximate surface area is 139 Å². The average Bonchev–Trinajstić information content (AvgIpc) is 2.98. The Bertz CT molecular complexity index is 911. The molecule has 0 N–H and O–H groups in total. The topological polar surface area (TPSA) is 110 Å². The first-order valence-electron chi connectivity index (χ1n) is 6.50. The summed E-state index contributed by atoms with van der Waals surface area (Å²) in [5, 5.41) is 11.2. The molecule has 1 aliphatic heterocycles. The number of rotatable bonds is 4. The molecule has 11 heteroatoms. The van der Waals surface area contributed by atoms with Gasteiger partial charge in [-0.1, -0.05) is 11.3 Å². The van der Waals surface area contributed by atoms with E-state index in [4.69, 9.17) is 10.7 Å². The number of carbonyl (C=O) groups excluding carboxylic acids is 1. The molecular formula is C12H10ClN3O5S2. The second-order valence-corrected chi connectivity index (χ2v) is 9.02. The Balaban J connectivity index is 1.88. The number of anilines is 1. The number of fused-ring (bicyclic) bond motifs is 1. The fourth-order valence-corrected chi connectivity index (χ4v) is 4.79. The summed E-state index contributed by atoms with van der Waals surface area (Å²) in [7, 11) is 1.56. The van der Waals surface area contributed by atoms with Gasteiger partial charge in [-0.25, -0.2) is 13.4 Å². The summed E-state index contributed by atoms with van der Waals surface area (Å²) in [6.07, 6.45) is 0.0853. The molecule has 1 fully saturated rings. The van der Waals surface area contributed by atoms with E-state index in [-0.39, 0.29) is 36.2 Å². The monoisotopic (exact) mass is 375 g/mol. The smallest absolute Gasteiger partial charge is 0.271 e. The highest BCUT2D eigenvalue weighted by Gasteiger charge is 2.34. The summed E-state index contributed by atoms with van der Waals surface area (Å²) in [6, 6.07) is 4.30. The van der Waals surface area contributed by atoms with Crippen LogP contribution in [0.1, 0.15) is 6.42 Å². The fraction of sp³-hybridized carbons (Fsp3) is 0.333. The quantitative estimate of drug-likeness (QED) is 0.459. The average molecular weight is 376 g/mol. The lowest BCUT2D eigenvalue weighted by Crippen LogP contribution is -2.25. The van der Waals surface area contributed by atoms with Crippen LogP contribution in [0.2, 0.25) is 0 Å². The summed E-state index contributed by atoms with van der Waals surface area (Å²) in [6.45, 7) is 0.215. The van der Waals surface area contributed by atoms with Crippen LogP contribution in [-0.2, 0) is 13.8 Å². The van der Waals surface area contributed by atoms with Crippen molar-refractivity contribution in [1.29, 1.82) is 0 Å². The zero-order valence-corrected chi connectivity index (χ0v) is 13.9. The van der Waals surface area contributed by atoms with Crippen LogP contribution in [-0.4, -0.2) is 36.5 Å². The molecule has 0 aliphatic carbocycles. The van der Waals surface area contributed by atoms with Gasteiger partial charge in [-0.05, 0) is 6.07 Å². The van der Waals surface area contributed by atoms with Crippen molar-refractivity contribution in [3.05, 3.63) is 28.3 Å². The molecular weight excluding hydrogens is 366 g/mol. The van der Waals surface area contributed by atoms with Crippen molar-refractivity contribution in [2.24, 2.45) is 5.92 Å². The Morgan fingerprint density at radius 3 is 2.87 bits per heavy atom. The minimum Gasteiger partial charge on any atom is -0.288 e. The van der Waals surface area contributed by atoms with Crippen LogP contribution in [0.4, 0.5) is 10.8 Å². The Hall–Kier alpha value is -1.78. The highest BCUT2D eigenvalue weighted by Crippen LogP contribution is 2.34. The fourth-order valence-electron chi connectivity index (χ4n) is 2.49. The lowest BCUT2D eigenvalue weighted by Gasteiger charge is -2.11. The predicted octanol–water partition coefficient (Wildman–Crippen LogP) is 2.13. The van der Waals surface area contributed by atoms with Crippen LogP contribution in [0.5, 0.6) is 0 Å². The first kappa shape index (κ1) is 16.1. The van der Waals surface area contributed by atoms with E-state index in [1.807, 2.05) is 0 Å². The normalized spacial score (nSPS) is 18.7. The molecule has 1 aromatic carbocycles. The van der Waals surface area contributed by atoms with E-state index in [1.54, 1.807) is 6.07 Å². The number of benzene rings is 1.